The monoisotopic (exact) mass is 248 g/mol. The summed E-state index contributed by atoms with van der Waals surface area (Å²) in [5, 5.41) is 0. The minimum absolute atomic E-state index is 0.468. The summed E-state index contributed by atoms with van der Waals surface area (Å²) in [4.78, 5) is 0. The van der Waals surface area contributed by atoms with E-state index in [1.807, 2.05) is 0 Å². The van der Waals surface area contributed by atoms with Gasteiger partial charge >= 0.3 is 60.4 Å². The Labute approximate surface area is 60.7 Å². The zero-order valence-electron chi connectivity index (χ0n) is 4.27. The molecule has 1 aliphatic heterocycles. The summed E-state index contributed by atoms with van der Waals surface area (Å²) in [6.45, 7) is 0. The molecule has 0 radical (unpaired) electrons. The fourth-order valence-electron chi connectivity index (χ4n) is 0.426. The van der Waals surface area contributed by atoms with Gasteiger partial charge in [-0.1, -0.05) is 0 Å². The fourth-order valence-corrected chi connectivity index (χ4v) is 2.32. The van der Waals surface area contributed by atoms with Gasteiger partial charge < -0.3 is 0 Å². The molecule has 0 aromatic carbocycles. The molecule has 4 heteroatoms. The van der Waals surface area contributed by atoms with Crippen LogP contribution in [-0.2, 0) is 0 Å². The number of allylic oxidation sites excluding steroid dienone is 2. The van der Waals surface area contributed by atoms with Crippen LogP contribution in [0.4, 0.5) is 13.2 Å². The molecule has 9 heavy (non-hydrogen) atoms. The van der Waals surface area contributed by atoms with Crippen LogP contribution in [-0.4, -0.2) is 6.18 Å². The minimum atomic E-state index is -4.11. The zero-order valence-corrected chi connectivity index (χ0v) is 6.60. The summed E-state index contributed by atoms with van der Waals surface area (Å²) in [7, 11) is 0. The molecule has 1 heterocycles. The molecule has 0 fully saturated rings. The van der Waals surface area contributed by atoms with Gasteiger partial charge in [-0.25, -0.2) is 0 Å². The molecule has 0 bridgehead atoms. The first-order valence-corrected chi connectivity index (χ1v) is 4.89. The number of hydrogen-bond donors (Lipinski definition) is 0. The number of halogens is 4. The summed E-state index contributed by atoms with van der Waals surface area (Å²) in [6, 6.07) is 0. The van der Waals surface area contributed by atoms with Crippen LogP contribution in [0, 0.1) is 0 Å². The molecule has 0 saturated heterocycles. The maximum absolute atomic E-state index is 11.7. The molecule has 1 aliphatic rings. The van der Waals surface area contributed by atoms with Crippen molar-refractivity contribution in [2.75, 3.05) is 0 Å². The Morgan fingerprint density at radius 1 is 1.33 bits per heavy atom. The van der Waals surface area contributed by atoms with E-state index in [1.165, 1.54) is 4.08 Å². The molecule has 52 valence electrons. The molecule has 0 spiro atoms. The van der Waals surface area contributed by atoms with Crippen molar-refractivity contribution in [3.63, 3.8) is 0 Å². The average Bonchev–Trinajstić information content (AvgIpc) is 2.08. The van der Waals surface area contributed by atoms with Crippen molar-refractivity contribution in [2.45, 2.75) is 6.18 Å². The van der Waals surface area contributed by atoms with E-state index >= 15 is 0 Å². The standard InChI is InChI=1S/C5H4F3I/c6-5(7,8)4-1-2-9-3-4/h1-3,9H. The van der Waals surface area contributed by atoms with Gasteiger partial charge in [0.1, 0.15) is 0 Å². The van der Waals surface area contributed by atoms with Gasteiger partial charge in [-0.3, -0.25) is 0 Å². The predicted octanol–water partition coefficient (Wildman–Crippen LogP) is 2.66. The Bertz CT molecular complexity index is 166. The Balaban J connectivity index is 2.73. The second-order valence-electron chi connectivity index (χ2n) is 1.51. The Morgan fingerprint density at radius 2 is 2.00 bits per heavy atom. The van der Waals surface area contributed by atoms with E-state index in [-0.39, 0.29) is 0 Å². The van der Waals surface area contributed by atoms with Gasteiger partial charge in [-0.2, -0.15) is 0 Å². The third-order valence-electron chi connectivity index (χ3n) is 0.849. The number of alkyl halides is 3. The molecule has 0 aromatic heterocycles. The van der Waals surface area contributed by atoms with Crippen LogP contribution in [0.5, 0.6) is 0 Å². The quantitative estimate of drug-likeness (QED) is 0.578. The summed E-state index contributed by atoms with van der Waals surface area (Å²) in [5.74, 6) is 0. The van der Waals surface area contributed by atoms with Crippen molar-refractivity contribution in [1.29, 1.82) is 0 Å². The van der Waals surface area contributed by atoms with Crippen LogP contribution >= 0.6 is 21.2 Å². The Hall–Kier alpha value is -0.0000000000000000555. The third kappa shape index (κ3) is 1.70. The van der Waals surface area contributed by atoms with Crippen LogP contribution in [0.3, 0.4) is 0 Å². The van der Waals surface area contributed by atoms with Crippen molar-refractivity contribution in [3.8, 4) is 0 Å². The topological polar surface area (TPSA) is 0 Å². The molecule has 0 amide bonds. The average molecular weight is 248 g/mol. The van der Waals surface area contributed by atoms with Crippen molar-refractivity contribution in [3.05, 3.63) is 19.8 Å². The molecular formula is C5H4F3I. The van der Waals surface area contributed by atoms with Crippen LogP contribution in [0.15, 0.2) is 19.8 Å². The molecule has 1 rings (SSSR count). The van der Waals surface area contributed by atoms with Crippen LogP contribution in [0.1, 0.15) is 0 Å². The second kappa shape index (κ2) is 2.32. The van der Waals surface area contributed by atoms with E-state index in [0.29, 0.717) is 0 Å². The normalized spacial score (nSPS) is 19.2. The first-order valence-electron chi connectivity index (χ1n) is 2.20. The van der Waals surface area contributed by atoms with Crippen molar-refractivity contribution < 1.29 is 13.2 Å². The SMILES string of the molecule is FC(F)(F)C1=C[IH]C=C1. The summed E-state index contributed by atoms with van der Waals surface area (Å²) >= 11 is -0.579. The van der Waals surface area contributed by atoms with Crippen LogP contribution in [0.25, 0.3) is 0 Å². The van der Waals surface area contributed by atoms with Gasteiger partial charge in [0.05, 0.1) is 0 Å². The van der Waals surface area contributed by atoms with Gasteiger partial charge in [-0.15, -0.1) is 0 Å². The van der Waals surface area contributed by atoms with Gasteiger partial charge in [0, 0.05) is 0 Å². The van der Waals surface area contributed by atoms with E-state index in [4.69, 9.17) is 0 Å². The first kappa shape index (κ1) is 7.11. The van der Waals surface area contributed by atoms with E-state index in [2.05, 4.69) is 0 Å². The third-order valence-corrected chi connectivity index (χ3v) is 2.80. The van der Waals surface area contributed by atoms with Crippen molar-refractivity contribution in [2.24, 2.45) is 0 Å². The molecule has 0 atom stereocenters. The molecule has 0 unspecified atom stereocenters. The second-order valence-corrected chi connectivity index (χ2v) is 3.74. The van der Waals surface area contributed by atoms with Gasteiger partial charge in [0.2, 0.25) is 0 Å². The van der Waals surface area contributed by atoms with E-state index in [1.54, 1.807) is 4.08 Å². The molecule has 0 N–H and O–H groups in total. The molecule has 0 aromatic rings. The predicted molar refractivity (Wildman–Crippen MR) is 38.7 cm³/mol. The number of hydrogen-bond acceptors (Lipinski definition) is 0. The number of rotatable bonds is 0. The summed E-state index contributed by atoms with van der Waals surface area (Å²) in [5.41, 5.74) is -0.468. The van der Waals surface area contributed by atoms with Gasteiger partial charge in [-0.05, 0) is 0 Å². The van der Waals surface area contributed by atoms with E-state index < -0.39 is 33.0 Å². The van der Waals surface area contributed by atoms with E-state index in [9.17, 15) is 13.2 Å². The molecule has 0 saturated carbocycles. The Kier molecular flexibility index (Phi) is 1.83. The van der Waals surface area contributed by atoms with Crippen LogP contribution < -0.4 is 0 Å². The maximum atomic E-state index is 11.7. The van der Waals surface area contributed by atoms with Crippen molar-refractivity contribution >= 4 is 21.2 Å². The first-order chi connectivity index (χ1) is 4.11. The zero-order chi connectivity index (χ0) is 6.91. The van der Waals surface area contributed by atoms with Crippen molar-refractivity contribution in [1.82, 2.24) is 0 Å². The Morgan fingerprint density at radius 3 is 2.22 bits per heavy atom. The van der Waals surface area contributed by atoms with E-state index in [0.717, 1.165) is 6.08 Å². The molecule has 0 aliphatic carbocycles. The molecule has 0 nitrogen and oxygen atoms in total. The fraction of sp³-hybridized carbons (Fsp3) is 0.200. The summed E-state index contributed by atoms with van der Waals surface area (Å²) in [6.07, 6.45) is -2.96. The van der Waals surface area contributed by atoms with Gasteiger partial charge in [0.15, 0.2) is 0 Å². The van der Waals surface area contributed by atoms with Crippen LogP contribution in [0.2, 0.25) is 0 Å². The van der Waals surface area contributed by atoms with Gasteiger partial charge in [0.25, 0.3) is 0 Å². The summed E-state index contributed by atoms with van der Waals surface area (Å²) < 4.78 is 37.9. The molecular weight excluding hydrogens is 244 g/mol.